The minimum atomic E-state index is -0.0121. The van der Waals surface area contributed by atoms with Crippen LogP contribution in [0.5, 0.6) is 11.5 Å². The van der Waals surface area contributed by atoms with Crippen molar-refractivity contribution in [3.63, 3.8) is 0 Å². The summed E-state index contributed by atoms with van der Waals surface area (Å²) < 4.78 is 8.00. The molecule has 0 radical (unpaired) electrons. The molecule has 1 unspecified atom stereocenters. The highest BCUT2D eigenvalue weighted by atomic mass is 16.5. The molecule has 1 aliphatic rings. The van der Waals surface area contributed by atoms with Gasteiger partial charge in [0, 0.05) is 18.5 Å². The number of amides is 1. The lowest BCUT2D eigenvalue weighted by molar-refractivity contribution is -0.116. The smallest absolute Gasteiger partial charge is 0.224 e. The number of nitrogen functional groups attached to an aromatic ring is 2. The molecule has 1 fully saturated rings. The third-order valence-electron chi connectivity index (χ3n) is 7.81. The lowest BCUT2D eigenvalue weighted by Crippen LogP contribution is -2.37. The van der Waals surface area contributed by atoms with Gasteiger partial charge in [-0.1, -0.05) is 30.3 Å². The number of anilines is 3. The zero-order valence-corrected chi connectivity index (χ0v) is 24.0. The molecule has 1 atom stereocenters. The van der Waals surface area contributed by atoms with Gasteiger partial charge in [-0.25, -0.2) is 14.6 Å². The van der Waals surface area contributed by atoms with Gasteiger partial charge in [0.25, 0.3) is 0 Å². The molecule has 3 heterocycles. The summed E-state index contributed by atoms with van der Waals surface area (Å²) >= 11 is 0. The van der Waals surface area contributed by atoms with Gasteiger partial charge in [0.2, 0.25) is 5.91 Å². The molecule has 5 N–H and O–H groups in total. The number of fused-ring (bicyclic) bond motifs is 1. The fourth-order valence-electron chi connectivity index (χ4n) is 5.64. The van der Waals surface area contributed by atoms with Crippen molar-refractivity contribution in [2.45, 2.75) is 38.1 Å². The summed E-state index contributed by atoms with van der Waals surface area (Å²) in [5.41, 5.74) is 16.0. The number of carbonyl (C=O) groups is 1. The molecule has 5 aromatic rings. The summed E-state index contributed by atoms with van der Waals surface area (Å²) in [5.74, 6) is 1.93. The number of para-hydroxylation sites is 3. The molecule has 1 amide bonds. The number of ether oxygens (including phenoxy) is 1. The van der Waals surface area contributed by atoms with E-state index in [9.17, 15) is 4.79 Å². The van der Waals surface area contributed by atoms with Crippen molar-refractivity contribution >= 4 is 34.1 Å². The number of aromatic nitrogens is 4. The second-order valence-corrected chi connectivity index (χ2v) is 10.9. The monoisotopic (exact) mass is 576 g/mol. The number of carbonyl (C=O) groups excluding carboxylic acids is 1. The van der Waals surface area contributed by atoms with Crippen LogP contribution in [-0.2, 0) is 4.79 Å². The summed E-state index contributed by atoms with van der Waals surface area (Å²) in [7, 11) is 0. The van der Waals surface area contributed by atoms with Crippen LogP contribution in [0.25, 0.3) is 22.3 Å². The van der Waals surface area contributed by atoms with Crippen LogP contribution in [0.4, 0.5) is 17.2 Å². The van der Waals surface area contributed by atoms with E-state index in [0.717, 1.165) is 79.1 Å². The van der Waals surface area contributed by atoms with Crippen LogP contribution in [0.3, 0.4) is 0 Å². The molecule has 0 spiro atoms. The first-order chi connectivity index (χ1) is 21.0. The van der Waals surface area contributed by atoms with E-state index in [1.54, 1.807) is 6.07 Å². The Morgan fingerprint density at radius 3 is 2.51 bits per heavy atom. The molecule has 0 bridgehead atoms. The van der Waals surface area contributed by atoms with Gasteiger partial charge in [0.05, 0.1) is 22.8 Å². The van der Waals surface area contributed by atoms with Gasteiger partial charge in [-0.2, -0.15) is 5.10 Å². The first-order valence-corrected chi connectivity index (χ1v) is 14.7. The number of nitrogens with two attached hydrogens (primary N) is 2. The molecule has 10 nitrogen and oxygen atoms in total. The van der Waals surface area contributed by atoms with Gasteiger partial charge in [0.1, 0.15) is 29.3 Å². The van der Waals surface area contributed by atoms with E-state index in [2.05, 4.69) is 20.2 Å². The van der Waals surface area contributed by atoms with Crippen molar-refractivity contribution in [1.82, 2.24) is 24.6 Å². The summed E-state index contributed by atoms with van der Waals surface area (Å²) in [6, 6.07) is 25.0. The van der Waals surface area contributed by atoms with E-state index in [0.29, 0.717) is 23.6 Å². The molecular weight excluding hydrogens is 540 g/mol. The molecule has 3 aromatic carbocycles. The number of piperidine rings is 1. The molecular formula is C33H36N8O2. The van der Waals surface area contributed by atoms with Crippen LogP contribution < -0.4 is 21.5 Å². The Morgan fingerprint density at radius 2 is 1.70 bits per heavy atom. The lowest BCUT2D eigenvalue weighted by Gasteiger charge is -2.32. The maximum Gasteiger partial charge on any atom is 0.224 e. The number of unbranched alkanes of at least 4 members (excludes halogenated alkanes) is 1. The molecule has 10 heteroatoms. The molecule has 6 rings (SSSR count). The van der Waals surface area contributed by atoms with E-state index < -0.39 is 0 Å². The average molecular weight is 577 g/mol. The largest absolute Gasteiger partial charge is 0.457 e. The maximum absolute atomic E-state index is 12.4. The fraction of sp³-hybridized carbons (Fsp3) is 0.273. The minimum Gasteiger partial charge on any atom is -0.457 e. The summed E-state index contributed by atoms with van der Waals surface area (Å²) in [6.45, 7) is 2.80. The third kappa shape index (κ3) is 6.60. The highest BCUT2D eigenvalue weighted by Crippen LogP contribution is 2.35. The van der Waals surface area contributed by atoms with Crippen molar-refractivity contribution in [2.24, 2.45) is 0 Å². The summed E-state index contributed by atoms with van der Waals surface area (Å²) in [5, 5.41) is 8.74. The molecule has 1 aliphatic heterocycles. The molecule has 1 saturated heterocycles. The van der Waals surface area contributed by atoms with E-state index in [-0.39, 0.29) is 11.9 Å². The SMILES string of the molecule is Nc1ccccc1NC(=O)CCCCN1CCCC(n2nc(-c3ccc(Oc4ccccc4)cc3)c3c(N)ncnc32)C1. The van der Waals surface area contributed by atoms with Crippen LogP contribution in [0.2, 0.25) is 0 Å². The van der Waals surface area contributed by atoms with Gasteiger partial charge in [-0.05, 0) is 87.3 Å². The second kappa shape index (κ2) is 12.9. The van der Waals surface area contributed by atoms with E-state index in [1.165, 1.54) is 6.33 Å². The van der Waals surface area contributed by atoms with Crippen molar-refractivity contribution in [2.75, 3.05) is 36.4 Å². The summed E-state index contributed by atoms with van der Waals surface area (Å²) in [4.78, 5) is 23.7. The Morgan fingerprint density at radius 1 is 0.930 bits per heavy atom. The molecule has 0 aliphatic carbocycles. The van der Waals surface area contributed by atoms with Crippen molar-refractivity contribution in [1.29, 1.82) is 0 Å². The van der Waals surface area contributed by atoms with Crippen LogP contribution in [0.15, 0.2) is 85.2 Å². The Bertz CT molecular complexity index is 1690. The normalized spacial score (nSPS) is 15.4. The summed E-state index contributed by atoms with van der Waals surface area (Å²) in [6.07, 6.45) is 5.77. The fourth-order valence-corrected chi connectivity index (χ4v) is 5.64. The van der Waals surface area contributed by atoms with Crippen molar-refractivity contribution < 1.29 is 9.53 Å². The number of nitrogens with one attached hydrogen (secondary N) is 1. The van der Waals surface area contributed by atoms with Crippen LogP contribution in [0, 0.1) is 0 Å². The Labute approximate surface area is 250 Å². The Balaban J connectivity index is 1.11. The molecule has 2 aromatic heterocycles. The maximum atomic E-state index is 12.4. The first kappa shape index (κ1) is 28.2. The first-order valence-electron chi connectivity index (χ1n) is 14.7. The topological polar surface area (TPSA) is 137 Å². The quantitative estimate of drug-likeness (QED) is 0.138. The Hall–Kier alpha value is -4.96. The zero-order valence-electron chi connectivity index (χ0n) is 24.0. The van der Waals surface area contributed by atoms with Gasteiger partial charge < -0.3 is 26.4 Å². The van der Waals surface area contributed by atoms with Crippen molar-refractivity contribution in [3.05, 3.63) is 85.2 Å². The number of rotatable bonds is 10. The predicted molar refractivity (Wildman–Crippen MR) is 170 cm³/mol. The van der Waals surface area contributed by atoms with Gasteiger partial charge >= 0.3 is 0 Å². The number of likely N-dealkylation sites (tertiary alicyclic amines) is 1. The van der Waals surface area contributed by atoms with Gasteiger partial charge in [0.15, 0.2) is 5.65 Å². The Kier molecular flexibility index (Phi) is 8.46. The number of hydrogen-bond acceptors (Lipinski definition) is 8. The zero-order chi connectivity index (χ0) is 29.6. The van der Waals surface area contributed by atoms with Gasteiger partial charge in [-0.3, -0.25) is 4.79 Å². The van der Waals surface area contributed by atoms with E-state index in [4.69, 9.17) is 21.3 Å². The highest BCUT2D eigenvalue weighted by Gasteiger charge is 2.26. The number of nitrogens with zero attached hydrogens (tertiary/aromatic N) is 5. The van der Waals surface area contributed by atoms with Crippen molar-refractivity contribution in [3.8, 4) is 22.8 Å². The van der Waals surface area contributed by atoms with Crippen LogP contribution >= 0.6 is 0 Å². The predicted octanol–water partition coefficient (Wildman–Crippen LogP) is 5.90. The highest BCUT2D eigenvalue weighted by molar-refractivity contribution is 5.98. The standard InChI is InChI=1S/C33H36N8O2/c34-27-12-4-5-13-28(27)38-29(42)14-6-7-19-40-20-8-9-24(21-40)41-33-30(32(35)36-22-37-33)31(39-41)23-15-17-26(18-16-23)43-25-10-2-1-3-11-25/h1-5,10-13,15-18,22,24H,6-9,14,19-21,34H2,(H,38,42)(H2,35,36,37). The third-order valence-corrected chi connectivity index (χ3v) is 7.81. The average Bonchev–Trinajstić information content (AvgIpc) is 3.43. The van der Waals surface area contributed by atoms with Gasteiger partial charge in [-0.15, -0.1) is 0 Å². The van der Waals surface area contributed by atoms with Crippen LogP contribution in [0.1, 0.15) is 38.1 Å². The molecule has 43 heavy (non-hydrogen) atoms. The molecule has 220 valence electrons. The van der Waals surface area contributed by atoms with E-state index >= 15 is 0 Å². The van der Waals surface area contributed by atoms with E-state index in [1.807, 2.05) is 77.5 Å². The van der Waals surface area contributed by atoms with Crippen LogP contribution in [-0.4, -0.2) is 50.2 Å². The lowest BCUT2D eigenvalue weighted by atomic mass is 10.1. The molecule has 0 saturated carbocycles. The second-order valence-electron chi connectivity index (χ2n) is 10.9. The minimum absolute atomic E-state index is 0.0121. The number of benzene rings is 3. The number of hydrogen-bond donors (Lipinski definition) is 3.